The molecule has 0 aliphatic carbocycles. The molecule has 0 aliphatic rings. The summed E-state index contributed by atoms with van der Waals surface area (Å²) in [7, 11) is 0.843. The standard InChI is InChI=1S/C9H8ClF3O2S/c1-2-6-3-4-7(16(10,14)15)5-8(6)9(11,12)13/h3-5H,2H2,1H3. The van der Waals surface area contributed by atoms with E-state index in [4.69, 9.17) is 10.7 Å². The molecule has 1 aromatic carbocycles. The Balaban J connectivity index is 3.45. The Kier molecular flexibility index (Phi) is 3.54. The molecule has 0 amide bonds. The minimum Gasteiger partial charge on any atom is -0.207 e. The van der Waals surface area contributed by atoms with Crippen LogP contribution in [0.25, 0.3) is 0 Å². The molecule has 2 nitrogen and oxygen atoms in total. The van der Waals surface area contributed by atoms with Gasteiger partial charge in [-0.2, -0.15) is 13.2 Å². The van der Waals surface area contributed by atoms with E-state index in [0.29, 0.717) is 6.07 Å². The second-order valence-corrected chi connectivity index (χ2v) is 5.67. The van der Waals surface area contributed by atoms with Crippen molar-refractivity contribution in [2.45, 2.75) is 24.4 Å². The van der Waals surface area contributed by atoms with Crippen molar-refractivity contribution in [3.05, 3.63) is 29.3 Å². The Labute approximate surface area is 95.5 Å². The average molecular weight is 273 g/mol. The Morgan fingerprint density at radius 2 is 1.88 bits per heavy atom. The van der Waals surface area contributed by atoms with E-state index in [1.54, 1.807) is 6.92 Å². The molecule has 1 rings (SSSR count). The highest BCUT2D eigenvalue weighted by Crippen LogP contribution is 2.34. The van der Waals surface area contributed by atoms with Crippen LogP contribution < -0.4 is 0 Å². The van der Waals surface area contributed by atoms with Crippen molar-refractivity contribution in [3.63, 3.8) is 0 Å². The molecule has 0 saturated carbocycles. The van der Waals surface area contributed by atoms with E-state index in [9.17, 15) is 21.6 Å². The van der Waals surface area contributed by atoms with E-state index in [-0.39, 0.29) is 12.0 Å². The number of alkyl halides is 3. The first-order chi connectivity index (χ1) is 7.16. The van der Waals surface area contributed by atoms with Gasteiger partial charge in [0.1, 0.15) is 0 Å². The Morgan fingerprint density at radius 1 is 1.31 bits per heavy atom. The molecule has 0 atom stereocenters. The highest BCUT2D eigenvalue weighted by Gasteiger charge is 2.34. The number of aryl methyl sites for hydroxylation is 1. The highest BCUT2D eigenvalue weighted by molar-refractivity contribution is 8.13. The van der Waals surface area contributed by atoms with Crippen LogP contribution in [-0.4, -0.2) is 8.42 Å². The molecule has 0 aliphatic heterocycles. The van der Waals surface area contributed by atoms with Gasteiger partial charge < -0.3 is 0 Å². The lowest BCUT2D eigenvalue weighted by atomic mass is 10.1. The molecule has 1 aromatic rings. The fourth-order valence-corrected chi connectivity index (χ4v) is 2.06. The molecule has 0 saturated heterocycles. The zero-order chi connectivity index (χ0) is 12.6. The van der Waals surface area contributed by atoms with Crippen LogP contribution in [0.15, 0.2) is 23.1 Å². The molecule has 90 valence electrons. The van der Waals surface area contributed by atoms with E-state index < -0.39 is 25.7 Å². The van der Waals surface area contributed by atoms with Crippen LogP contribution in [0.1, 0.15) is 18.1 Å². The summed E-state index contributed by atoms with van der Waals surface area (Å²) in [5.41, 5.74) is -0.923. The van der Waals surface area contributed by atoms with Gasteiger partial charge in [0.15, 0.2) is 0 Å². The van der Waals surface area contributed by atoms with Gasteiger partial charge in [-0.3, -0.25) is 0 Å². The maximum Gasteiger partial charge on any atom is 0.416 e. The number of halogens is 4. The maximum absolute atomic E-state index is 12.6. The van der Waals surface area contributed by atoms with Crippen molar-refractivity contribution >= 4 is 19.7 Å². The summed E-state index contributed by atoms with van der Waals surface area (Å²) in [6.07, 6.45) is -4.42. The lowest BCUT2D eigenvalue weighted by Gasteiger charge is -2.12. The van der Waals surface area contributed by atoms with Crippen LogP contribution in [0.2, 0.25) is 0 Å². The summed E-state index contributed by atoms with van der Waals surface area (Å²) in [4.78, 5) is -0.543. The van der Waals surface area contributed by atoms with Gasteiger partial charge in [0.2, 0.25) is 0 Å². The number of hydrogen-bond acceptors (Lipinski definition) is 2. The summed E-state index contributed by atoms with van der Waals surface area (Å²) in [6, 6.07) is 2.75. The molecular formula is C9H8ClF3O2S. The fourth-order valence-electron chi connectivity index (χ4n) is 1.28. The summed E-state index contributed by atoms with van der Waals surface area (Å²) in [5, 5.41) is 0. The third-order valence-corrected chi connectivity index (χ3v) is 3.40. The minimum absolute atomic E-state index is 0.0385. The van der Waals surface area contributed by atoms with Crippen molar-refractivity contribution in [2.24, 2.45) is 0 Å². The quantitative estimate of drug-likeness (QED) is 0.775. The van der Waals surface area contributed by atoms with Crippen LogP contribution in [0, 0.1) is 0 Å². The van der Waals surface area contributed by atoms with Crippen molar-refractivity contribution in [3.8, 4) is 0 Å². The molecule has 0 radical (unpaired) electrons. The van der Waals surface area contributed by atoms with Gasteiger partial charge in [0.05, 0.1) is 10.5 Å². The van der Waals surface area contributed by atoms with Gasteiger partial charge in [0.25, 0.3) is 9.05 Å². The summed E-state index contributed by atoms with van der Waals surface area (Å²) in [5.74, 6) is 0. The zero-order valence-electron chi connectivity index (χ0n) is 8.18. The molecule has 0 bridgehead atoms. The van der Waals surface area contributed by atoms with Crippen LogP contribution in [0.4, 0.5) is 13.2 Å². The van der Waals surface area contributed by atoms with Crippen molar-refractivity contribution in [1.29, 1.82) is 0 Å². The van der Waals surface area contributed by atoms with Gasteiger partial charge in [-0.05, 0) is 24.1 Å². The molecule has 0 fully saturated rings. The monoisotopic (exact) mass is 272 g/mol. The number of hydrogen-bond donors (Lipinski definition) is 0. The molecule has 7 heteroatoms. The number of benzene rings is 1. The fraction of sp³-hybridized carbons (Fsp3) is 0.333. The molecule has 0 aromatic heterocycles. The maximum atomic E-state index is 12.6. The van der Waals surface area contributed by atoms with Crippen molar-refractivity contribution < 1.29 is 21.6 Å². The van der Waals surface area contributed by atoms with E-state index in [1.807, 2.05) is 0 Å². The molecule has 0 unspecified atom stereocenters. The predicted octanol–water partition coefficient (Wildman–Crippen LogP) is 3.20. The first-order valence-electron chi connectivity index (χ1n) is 4.31. The summed E-state index contributed by atoms with van der Waals surface area (Å²) in [6.45, 7) is 1.56. The van der Waals surface area contributed by atoms with Crippen LogP contribution >= 0.6 is 10.7 Å². The SMILES string of the molecule is CCc1ccc(S(=O)(=O)Cl)cc1C(F)(F)F. The van der Waals surface area contributed by atoms with Gasteiger partial charge in [-0.25, -0.2) is 8.42 Å². The lowest BCUT2D eigenvalue weighted by Crippen LogP contribution is -2.10. The van der Waals surface area contributed by atoms with Crippen LogP contribution in [0.5, 0.6) is 0 Å². The van der Waals surface area contributed by atoms with Crippen LogP contribution in [0.3, 0.4) is 0 Å². The first-order valence-corrected chi connectivity index (χ1v) is 6.62. The number of rotatable bonds is 2. The normalized spacial score (nSPS) is 12.8. The van der Waals surface area contributed by atoms with E-state index in [2.05, 4.69) is 0 Å². The molecule has 0 N–H and O–H groups in total. The van der Waals surface area contributed by atoms with E-state index in [0.717, 1.165) is 12.1 Å². The largest absolute Gasteiger partial charge is 0.416 e. The van der Waals surface area contributed by atoms with Crippen LogP contribution in [-0.2, 0) is 21.6 Å². The summed E-state index contributed by atoms with van der Waals surface area (Å²) >= 11 is 0. The van der Waals surface area contributed by atoms with Gasteiger partial charge >= 0.3 is 6.18 Å². The molecule has 0 spiro atoms. The second kappa shape index (κ2) is 4.25. The van der Waals surface area contributed by atoms with Gasteiger partial charge in [0, 0.05) is 10.7 Å². The van der Waals surface area contributed by atoms with Crippen molar-refractivity contribution in [1.82, 2.24) is 0 Å². The summed E-state index contributed by atoms with van der Waals surface area (Å²) < 4.78 is 59.5. The van der Waals surface area contributed by atoms with Gasteiger partial charge in [-0.15, -0.1) is 0 Å². The highest BCUT2D eigenvalue weighted by atomic mass is 35.7. The second-order valence-electron chi connectivity index (χ2n) is 3.11. The Bertz CT molecular complexity index is 494. The average Bonchev–Trinajstić information content (AvgIpc) is 2.14. The first kappa shape index (κ1) is 13.3. The van der Waals surface area contributed by atoms with Crippen molar-refractivity contribution in [2.75, 3.05) is 0 Å². The predicted molar refractivity (Wildman–Crippen MR) is 53.9 cm³/mol. The van der Waals surface area contributed by atoms with E-state index in [1.165, 1.54) is 0 Å². The topological polar surface area (TPSA) is 34.1 Å². The molecule has 16 heavy (non-hydrogen) atoms. The molecular weight excluding hydrogens is 265 g/mol. The third kappa shape index (κ3) is 2.89. The smallest absolute Gasteiger partial charge is 0.207 e. The Morgan fingerprint density at radius 3 is 2.25 bits per heavy atom. The zero-order valence-corrected chi connectivity index (χ0v) is 9.75. The molecule has 0 heterocycles. The van der Waals surface area contributed by atoms with E-state index >= 15 is 0 Å². The Hall–Kier alpha value is -0.750. The lowest BCUT2D eigenvalue weighted by molar-refractivity contribution is -0.138. The third-order valence-electron chi connectivity index (χ3n) is 2.05. The van der Waals surface area contributed by atoms with Gasteiger partial charge in [-0.1, -0.05) is 13.0 Å². The minimum atomic E-state index is -4.58.